The first kappa shape index (κ1) is 19.2. The van der Waals surface area contributed by atoms with E-state index in [0.717, 1.165) is 24.8 Å². The topological polar surface area (TPSA) is 54.5 Å². The molecule has 1 saturated heterocycles. The van der Waals surface area contributed by atoms with Crippen LogP contribution in [0.4, 0.5) is 0 Å². The number of nitrogens with zero attached hydrogens (tertiary/aromatic N) is 1. The first-order valence-corrected chi connectivity index (χ1v) is 11.6. The van der Waals surface area contributed by atoms with Gasteiger partial charge in [-0.1, -0.05) is 48.0 Å². The van der Waals surface area contributed by atoms with Crippen molar-refractivity contribution in [1.29, 1.82) is 0 Å². The molecule has 2 fully saturated rings. The molecule has 148 valence electrons. The fraction of sp³-hybridized carbons (Fsp3) is 0.435. The highest BCUT2D eigenvalue weighted by Crippen LogP contribution is 2.48. The summed E-state index contributed by atoms with van der Waals surface area (Å²) in [7, 11) is -3.65. The summed E-state index contributed by atoms with van der Waals surface area (Å²) < 4.78 is 25.1. The summed E-state index contributed by atoms with van der Waals surface area (Å²) in [6.45, 7) is 3.23. The number of likely N-dealkylation sites (tertiary alicyclic amines) is 1. The lowest BCUT2D eigenvalue weighted by Gasteiger charge is -2.34. The van der Waals surface area contributed by atoms with Crippen LogP contribution in [0.15, 0.2) is 59.5 Å². The molecular weight excluding hydrogens is 370 g/mol. The van der Waals surface area contributed by atoms with Gasteiger partial charge in [-0.25, -0.2) is 8.42 Å². The summed E-state index contributed by atoms with van der Waals surface area (Å²) >= 11 is 0. The van der Waals surface area contributed by atoms with Crippen molar-refractivity contribution in [1.82, 2.24) is 4.90 Å². The molecule has 0 radical (unpaired) electrons. The van der Waals surface area contributed by atoms with E-state index in [0.29, 0.717) is 31.8 Å². The van der Waals surface area contributed by atoms with E-state index < -0.39 is 14.6 Å². The van der Waals surface area contributed by atoms with E-state index in [1.807, 2.05) is 13.0 Å². The van der Waals surface area contributed by atoms with Crippen LogP contribution in [0.3, 0.4) is 0 Å². The maximum absolute atomic E-state index is 13.2. The quantitative estimate of drug-likeness (QED) is 0.771. The molecular formula is C23H27NO3S. The van der Waals surface area contributed by atoms with Gasteiger partial charge in [-0.2, -0.15) is 0 Å². The second-order valence-corrected chi connectivity index (χ2v) is 10.5. The molecule has 0 aromatic heterocycles. The van der Waals surface area contributed by atoms with Gasteiger partial charge in [0.1, 0.15) is 0 Å². The molecule has 0 spiro atoms. The van der Waals surface area contributed by atoms with Crippen LogP contribution in [0.5, 0.6) is 0 Å². The number of hydrogen-bond acceptors (Lipinski definition) is 3. The van der Waals surface area contributed by atoms with E-state index >= 15 is 0 Å². The van der Waals surface area contributed by atoms with Crippen LogP contribution < -0.4 is 0 Å². The van der Waals surface area contributed by atoms with Gasteiger partial charge in [0.25, 0.3) is 0 Å². The summed E-state index contributed by atoms with van der Waals surface area (Å²) in [6.07, 6.45) is 3.76. The number of amides is 1. The summed E-state index contributed by atoms with van der Waals surface area (Å²) in [5, 5.41) is 0. The fourth-order valence-electron chi connectivity index (χ4n) is 4.23. The number of hydrogen-bond donors (Lipinski definition) is 0. The molecule has 0 atom stereocenters. The highest BCUT2D eigenvalue weighted by atomic mass is 32.2. The van der Waals surface area contributed by atoms with Gasteiger partial charge >= 0.3 is 0 Å². The monoisotopic (exact) mass is 397 g/mol. The minimum absolute atomic E-state index is 0.189. The smallest absolute Gasteiger partial charge is 0.244 e. The molecule has 2 aliphatic rings. The van der Waals surface area contributed by atoms with Gasteiger partial charge in [0.15, 0.2) is 14.6 Å². The Bertz CT molecular complexity index is 939. The molecule has 1 heterocycles. The molecule has 4 rings (SSSR count). The Kier molecular flexibility index (Phi) is 5.04. The van der Waals surface area contributed by atoms with Gasteiger partial charge in [-0.15, -0.1) is 0 Å². The van der Waals surface area contributed by atoms with E-state index in [4.69, 9.17) is 0 Å². The van der Waals surface area contributed by atoms with Crippen molar-refractivity contribution in [2.45, 2.75) is 48.7 Å². The predicted molar refractivity (Wildman–Crippen MR) is 110 cm³/mol. The zero-order valence-electron chi connectivity index (χ0n) is 16.3. The van der Waals surface area contributed by atoms with Gasteiger partial charge < -0.3 is 4.90 Å². The molecule has 1 aliphatic carbocycles. The Morgan fingerprint density at radius 2 is 1.61 bits per heavy atom. The third kappa shape index (κ3) is 3.48. The lowest BCUT2D eigenvalue weighted by molar-refractivity contribution is -0.132. The molecule has 1 aliphatic heterocycles. The van der Waals surface area contributed by atoms with Crippen molar-refractivity contribution >= 4 is 15.7 Å². The minimum Gasteiger partial charge on any atom is -0.341 e. The van der Waals surface area contributed by atoms with Gasteiger partial charge in [-0.3, -0.25) is 4.79 Å². The van der Waals surface area contributed by atoms with Gasteiger partial charge in [0, 0.05) is 13.1 Å². The second-order valence-electron chi connectivity index (χ2n) is 8.24. The Morgan fingerprint density at radius 3 is 2.18 bits per heavy atom. The van der Waals surface area contributed by atoms with Gasteiger partial charge in [-0.05, 0) is 62.6 Å². The van der Waals surface area contributed by atoms with Crippen LogP contribution in [0.25, 0.3) is 0 Å². The zero-order chi connectivity index (χ0) is 19.8. The van der Waals surface area contributed by atoms with Crippen LogP contribution >= 0.6 is 0 Å². The highest BCUT2D eigenvalue weighted by Gasteiger charge is 2.62. The predicted octanol–water partition coefficient (Wildman–Crippen LogP) is 3.78. The number of piperidine rings is 1. The van der Waals surface area contributed by atoms with Crippen molar-refractivity contribution < 1.29 is 13.2 Å². The van der Waals surface area contributed by atoms with Crippen molar-refractivity contribution in [3.05, 3.63) is 65.7 Å². The molecule has 28 heavy (non-hydrogen) atoms. The Hall–Kier alpha value is -2.14. The Morgan fingerprint density at radius 1 is 1.00 bits per heavy atom. The maximum atomic E-state index is 13.2. The largest absolute Gasteiger partial charge is 0.341 e. The van der Waals surface area contributed by atoms with E-state index in [1.54, 1.807) is 29.2 Å². The van der Waals surface area contributed by atoms with Gasteiger partial charge in [0.05, 0.1) is 4.90 Å². The third-order valence-electron chi connectivity index (χ3n) is 6.21. The molecule has 1 amide bonds. The number of rotatable bonds is 5. The molecule has 4 nitrogen and oxygen atoms in total. The highest BCUT2D eigenvalue weighted by molar-refractivity contribution is 7.94. The second kappa shape index (κ2) is 7.36. The fourth-order valence-corrected chi connectivity index (χ4v) is 6.17. The SMILES string of the molecule is Cc1ccc(S(=O)(=O)C2(C(=O)N3CCC(Cc4ccccc4)CC3)CC2)cc1. The van der Waals surface area contributed by atoms with Crippen molar-refractivity contribution in [2.75, 3.05) is 13.1 Å². The van der Waals surface area contributed by atoms with Crippen LogP contribution in [-0.4, -0.2) is 37.1 Å². The molecule has 0 bridgehead atoms. The molecule has 1 saturated carbocycles. The average Bonchev–Trinajstić information content (AvgIpc) is 3.52. The zero-order valence-corrected chi connectivity index (χ0v) is 17.1. The van der Waals surface area contributed by atoms with Crippen LogP contribution in [0.1, 0.15) is 36.8 Å². The molecule has 5 heteroatoms. The van der Waals surface area contributed by atoms with Crippen LogP contribution in [0, 0.1) is 12.8 Å². The summed E-state index contributed by atoms with van der Waals surface area (Å²) in [4.78, 5) is 15.2. The maximum Gasteiger partial charge on any atom is 0.244 e. The average molecular weight is 398 g/mol. The van der Waals surface area contributed by atoms with Crippen LogP contribution in [0.2, 0.25) is 0 Å². The molecule has 0 N–H and O–H groups in total. The molecule has 2 aromatic carbocycles. The Labute approximate surface area is 167 Å². The van der Waals surface area contributed by atoms with Gasteiger partial charge in [0.2, 0.25) is 5.91 Å². The number of sulfone groups is 1. The molecule has 0 unspecified atom stereocenters. The number of carbonyl (C=O) groups is 1. The minimum atomic E-state index is -3.65. The summed E-state index contributed by atoms with van der Waals surface area (Å²) in [5.41, 5.74) is 2.34. The van der Waals surface area contributed by atoms with E-state index in [1.165, 1.54) is 5.56 Å². The van der Waals surface area contributed by atoms with E-state index in [-0.39, 0.29) is 10.8 Å². The molecule has 2 aromatic rings. The normalized spacial score (nSPS) is 19.4. The lowest BCUT2D eigenvalue weighted by atomic mass is 9.90. The lowest BCUT2D eigenvalue weighted by Crippen LogP contribution is -2.48. The summed E-state index contributed by atoms with van der Waals surface area (Å²) in [6, 6.07) is 17.3. The van der Waals surface area contributed by atoms with Crippen molar-refractivity contribution in [2.24, 2.45) is 5.92 Å². The summed E-state index contributed by atoms with van der Waals surface area (Å²) in [5.74, 6) is 0.363. The van der Waals surface area contributed by atoms with E-state index in [9.17, 15) is 13.2 Å². The van der Waals surface area contributed by atoms with E-state index in [2.05, 4.69) is 24.3 Å². The Balaban J connectivity index is 1.43. The standard InChI is InChI=1S/C23H27NO3S/c1-18-7-9-21(10-8-18)28(26,27)23(13-14-23)22(25)24-15-11-20(12-16-24)17-19-5-3-2-4-6-19/h2-10,20H,11-17H2,1H3. The number of aryl methyl sites for hydroxylation is 1. The number of benzene rings is 2. The van der Waals surface area contributed by atoms with Crippen LogP contribution in [-0.2, 0) is 21.1 Å². The first-order valence-electron chi connectivity index (χ1n) is 10.1. The van der Waals surface area contributed by atoms with Crippen molar-refractivity contribution in [3.63, 3.8) is 0 Å². The first-order chi connectivity index (χ1) is 13.4. The number of carbonyl (C=O) groups excluding carboxylic acids is 1. The third-order valence-corrected chi connectivity index (χ3v) is 8.71. The van der Waals surface area contributed by atoms with Crippen molar-refractivity contribution in [3.8, 4) is 0 Å².